The van der Waals surface area contributed by atoms with Crippen LogP contribution in [0.25, 0.3) is 0 Å². The fourth-order valence-electron chi connectivity index (χ4n) is 2.03. The van der Waals surface area contributed by atoms with Crippen LogP contribution < -0.4 is 5.73 Å². The summed E-state index contributed by atoms with van der Waals surface area (Å²) in [6.07, 6.45) is 4.83. The molecule has 0 aliphatic carbocycles. The predicted molar refractivity (Wildman–Crippen MR) is 72.6 cm³/mol. The Morgan fingerprint density at radius 3 is 2.59 bits per heavy atom. The summed E-state index contributed by atoms with van der Waals surface area (Å²) in [7, 11) is 2.14. The van der Waals surface area contributed by atoms with E-state index in [2.05, 4.69) is 43.8 Å². The van der Waals surface area contributed by atoms with Gasteiger partial charge in [0.05, 0.1) is 0 Å². The molecule has 1 heterocycles. The molecule has 96 valence electrons. The van der Waals surface area contributed by atoms with Crippen LogP contribution in [0.15, 0.2) is 24.5 Å². The summed E-state index contributed by atoms with van der Waals surface area (Å²) in [5.74, 6) is 0. The molecular formula is C14H25N3. The van der Waals surface area contributed by atoms with Gasteiger partial charge in [-0.3, -0.25) is 9.88 Å². The fourth-order valence-corrected chi connectivity index (χ4v) is 2.03. The third-order valence-electron chi connectivity index (χ3n) is 2.90. The molecule has 0 amide bonds. The molecule has 3 nitrogen and oxygen atoms in total. The van der Waals surface area contributed by atoms with Gasteiger partial charge in [0.2, 0.25) is 0 Å². The van der Waals surface area contributed by atoms with E-state index in [1.54, 1.807) is 6.20 Å². The molecule has 17 heavy (non-hydrogen) atoms. The van der Waals surface area contributed by atoms with Gasteiger partial charge in [-0.2, -0.15) is 0 Å². The molecule has 0 saturated heterocycles. The van der Waals surface area contributed by atoms with Crippen LogP contribution in [-0.2, 0) is 6.54 Å². The minimum atomic E-state index is 0.313. The molecule has 1 aromatic rings. The smallest absolute Gasteiger partial charge is 0.0312 e. The Labute approximate surface area is 105 Å². The predicted octanol–water partition coefficient (Wildman–Crippen LogP) is 2.28. The first kappa shape index (κ1) is 14.1. The van der Waals surface area contributed by atoms with E-state index in [0.717, 1.165) is 13.0 Å². The molecule has 0 aliphatic rings. The summed E-state index contributed by atoms with van der Waals surface area (Å²) in [5.41, 5.74) is 7.43. The Morgan fingerprint density at radius 1 is 1.41 bits per heavy atom. The van der Waals surface area contributed by atoms with Gasteiger partial charge in [-0.25, -0.2) is 0 Å². The van der Waals surface area contributed by atoms with Gasteiger partial charge in [0, 0.05) is 31.5 Å². The van der Waals surface area contributed by atoms with Crippen molar-refractivity contribution in [3.63, 3.8) is 0 Å². The van der Waals surface area contributed by atoms with E-state index in [0.29, 0.717) is 18.0 Å². The SMILES string of the molecule is CN(Cc1cccnc1)C(CN)CC(C)(C)C. The molecule has 2 N–H and O–H groups in total. The maximum atomic E-state index is 5.88. The van der Waals surface area contributed by atoms with Gasteiger partial charge in [-0.1, -0.05) is 26.8 Å². The van der Waals surface area contributed by atoms with Crippen molar-refractivity contribution < 1.29 is 0 Å². The Balaban J connectivity index is 2.58. The molecule has 0 saturated carbocycles. The van der Waals surface area contributed by atoms with E-state index >= 15 is 0 Å². The van der Waals surface area contributed by atoms with Crippen LogP contribution in [0.1, 0.15) is 32.8 Å². The number of aromatic nitrogens is 1. The molecule has 0 aliphatic heterocycles. The second-order valence-corrected chi connectivity index (χ2v) is 5.93. The number of hydrogen-bond donors (Lipinski definition) is 1. The molecule has 0 bridgehead atoms. The van der Waals surface area contributed by atoms with Crippen molar-refractivity contribution in [3.8, 4) is 0 Å². The first-order valence-corrected chi connectivity index (χ1v) is 6.21. The maximum Gasteiger partial charge on any atom is 0.0312 e. The average Bonchev–Trinajstić information content (AvgIpc) is 2.26. The molecule has 1 rings (SSSR count). The van der Waals surface area contributed by atoms with Crippen LogP contribution in [-0.4, -0.2) is 29.5 Å². The van der Waals surface area contributed by atoms with Crippen molar-refractivity contribution in [1.29, 1.82) is 0 Å². The molecule has 0 fully saturated rings. The maximum absolute atomic E-state index is 5.88. The lowest BCUT2D eigenvalue weighted by Gasteiger charge is -2.32. The lowest BCUT2D eigenvalue weighted by molar-refractivity contribution is 0.177. The van der Waals surface area contributed by atoms with E-state index < -0.39 is 0 Å². The Morgan fingerprint density at radius 2 is 2.12 bits per heavy atom. The van der Waals surface area contributed by atoms with Gasteiger partial charge in [-0.05, 0) is 30.5 Å². The molecule has 1 aromatic heterocycles. The van der Waals surface area contributed by atoms with Crippen LogP contribution in [0.5, 0.6) is 0 Å². The van der Waals surface area contributed by atoms with Gasteiger partial charge in [0.25, 0.3) is 0 Å². The highest BCUT2D eigenvalue weighted by atomic mass is 15.1. The Kier molecular flexibility index (Phi) is 5.09. The van der Waals surface area contributed by atoms with Crippen molar-refractivity contribution in [2.24, 2.45) is 11.1 Å². The molecule has 3 heteroatoms. The summed E-state index contributed by atoms with van der Waals surface area (Å²) < 4.78 is 0. The monoisotopic (exact) mass is 235 g/mol. The van der Waals surface area contributed by atoms with Gasteiger partial charge < -0.3 is 5.73 Å². The zero-order valence-corrected chi connectivity index (χ0v) is 11.5. The topological polar surface area (TPSA) is 42.2 Å². The molecule has 0 radical (unpaired) electrons. The van der Waals surface area contributed by atoms with Gasteiger partial charge in [-0.15, -0.1) is 0 Å². The van der Waals surface area contributed by atoms with E-state index in [-0.39, 0.29) is 0 Å². The van der Waals surface area contributed by atoms with Crippen molar-refractivity contribution >= 4 is 0 Å². The summed E-state index contributed by atoms with van der Waals surface area (Å²) >= 11 is 0. The zero-order chi connectivity index (χ0) is 12.9. The van der Waals surface area contributed by atoms with E-state index in [4.69, 9.17) is 5.73 Å². The third kappa shape index (κ3) is 5.29. The Bertz CT molecular complexity index is 316. The van der Waals surface area contributed by atoms with Crippen LogP contribution in [0.4, 0.5) is 0 Å². The highest BCUT2D eigenvalue weighted by Gasteiger charge is 2.21. The summed E-state index contributed by atoms with van der Waals surface area (Å²) in [4.78, 5) is 6.46. The second-order valence-electron chi connectivity index (χ2n) is 5.93. The van der Waals surface area contributed by atoms with Crippen molar-refractivity contribution in [1.82, 2.24) is 9.88 Å². The number of nitrogens with two attached hydrogens (primary N) is 1. The number of nitrogens with zero attached hydrogens (tertiary/aromatic N) is 2. The fraction of sp³-hybridized carbons (Fsp3) is 0.643. The molecule has 0 spiro atoms. The molecule has 1 unspecified atom stereocenters. The number of hydrogen-bond acceptors (Lipinski definition) is 3. The van der Waals surface area contributed by atoms with Crippen LogP contribution in [0, 0.1) is 5.41 Å². The van der Waals surface area contributed by atoms with Crippen LogP contribution in [0.3, 0.4) is 0 Å². The summed E-state index contributed by atoms with van der Waals surface area (Å²) in [6.45, 7) is 8.38. The minimum Gasteiger partial charge on any atom is -0.329 e. The molecule has 0 aromatic carbocycles. The van der Waals surface area contributed by atoms with Gasteiger partial charge in [0.1, 0.15) is 0 Å². The Hall–Kier alpha value is -0.930. The first-order valence-electron chi connectivity index (χ1n) is 6.21. The van der Waals surface area contributed by atoms with Crippen molar-refractivity contribution in [2.75, 3.05) is 13.6 Å². The van der Waals surface area contributed by atoms with Crippen LogP contribution >= 0.6 is 0 Å². The van der Waals surface area contributed by atoms with Gasteiger partial charge in [0.15, 0.2) is 0 Å². The largest absolute Gasteiger partial charge is 0.329 e. The minimum absolute atomic E-state index is 0.313. The normalized spacial score (nSPS) is 14.0. The molecular weight excluding hydrogens is 210 g/mol. The lowest BCUT2D eigenvalue weighted by atomic mass is 9.87. The highest BCUT2D eigenvalue weighted by Crippen LogP contribution is 2.23. The first-order chi connectivity index (χ1) is 7.92. The lowest BCUT2D eigenvalue weighted by Crippen LogP contribution is -2.40. The van der Waals surface area contributed by atoms with E-state index in [1.165, 1.54) is 5.56 Å². The highest BCUT2D eigenvalue weighted by molar-refractivity contribution is 5.08. The molecule has 1 atom stereocenters. The summed E-state index contributed by atoms with van der Waals surface area (Å²) in [5, 5.41) is 0. The van der Waals surface area contributed by atoms with Crippen molar-refractivity contribution in [3.05, 3.63) is 30.1 Å². The quantitative estimate of drug-likeness (QED) is 0.851. The van der Waals surface area contributed by atoms with E-state index in [9.17, 15) is 0 Å². The average molecular weight is 235 g/mol. The number of rotatable bonds is 5. The van der Waals surface area contributed by atoms with Crippen molar-refractivity contribution in [2.45, 2.75) is 39.8 Å². The van der Waals surface area contributed by atoms with Crippen LogP contribution in [0.2, 0.25) is 0 Å². The van der Waals surface area contributed by atoms with Gasteiger partial charge >= 0.3 is 0 Å². The zero-order valence-electron chi connectivity index (χ0n) is 11.5. The standard InChI is InChI=1S/C14H25N3/c1-14(2,3)8-13(9-15)17(4)11-12-6-5-7-16-10-12/h5-7,10,13H,8-9,11,15H2,1-4H3. The summed E-state index contributed by atoms with van der Waals surface area (Å²) in [6, 6.07) is 4.51. The number of pyridine rings is 1. The third-order valence-corrected chi connectivity index (χ3v) is 2.90. The second kappa shape index (κ2) is 6.12. The number of likely N-dealkylation sites (N-methyl/N-ethyl adjacent to an activating group) is 1. The van der Waals surface area contributed by atoms with E-state index in [1.807, 2.05) is 12.3 Å².